The van der Waals surface area contributed by atoms with E-state index in [4.69, 9.17) is 24.7 Å². The monoisotopic (exact) mass is 1140 g/mol. The van der Waals surface area contributed by atoms with Crippen LogP contribution >= 0.6 is 68.0 Å². The van der Waals surface area contributed by atoms with Crippen LogP contribution in [0.3, 0.4) is 0 Å². The molecule has 0 bridgehead atoms. The highest BCUT2D eigenvalue weighted by atomic mass is 32.1. The maximum absolute atomic E-state index is 13.0. The number of ether oxygens (including phenoxy) is 4. The average Bonchev–Trinajstić information content (AvgIpc) is 4.25. The first-order valence-electron chi connectivity index (χ1n) is 23.3. The highest BCUT2D eigenvalue weighted by Gasteiger charge is 2.31. The van der Waals surface area contributed by atoms with Gasteiger partial charge in [-0.15, -0.1) is 68.0 Å². The Kier molecular flexibility index (Phi) is 23.9. The van der Waals surface area contributed by atoms with Gasteiger partial charge in [-0.05, 0) is 59.6 Å². The van der Waals surface area contributed by atoms with Crippen LogP contribution < -0.4 is 5.73 Å². The molecule has 400 valence electrons. The van der Waals surface area contributed by atoms with Crippen LogP contribution in [-0.2, 0) is 31.9 Å². The van der Waals surface area contributed by atoms with E-state index >= 15 is 0 Å². The Bertz CT molecular complexity index is 2980. The van der Waals surface area contributed by atoms with E-state index < -0.39 is 11.9 Å². The lowest BCUT2D eigenvalue weighted by Gasteiger charge is -2.18. The quantitative estimate of drug-likeness (QED) is 0.0569. The number of carboxylic acids is 1. The van der Waals surface area contributed by atoms with Crippen LogP contribution in [0.2, 0.25) is 0 Å². The first-order chi connectivity index (χ1) is 35.9. The van der Waals surface area contributed by atoms with E-state index in [2.05, 4.69) is 43.8 Å². The Labute approximate surface area is 458 Å². The third-order valence-electron chi connectivity index (χ3n) is 10.7. The predicted molar refractivity (Wildman–Crippen MR) is 295 cm³/mol. The maximum atomic E-state index is 13.0. The molecule has 6 heterocycles. The van der Waals surface area contributed by atoms with Crippen molar-refractivity contribution in [2.45, 2.75) is 79.2 Å². The van der Waals surface area contributed by atoms with Gasteiger partial charge in [-0.25, -0.2) is 48.3 Å². The molecule has 0 aliphatic rings. The number of benzene rings is 2. The number of Topliss-reactive ketones (excluding diaryl/α,β-unsaturated/α-hetero) is 1. The normalized spacial score (nSPS) is 12.3. The molecule has 0 saturated carbocycles. The number of carboxylic acid groups (broad SMARTS) is 1. The summed E-state index contributed by atoms with van der Waals surface area (Å²) in [5, 5.41) is 19.3. The van der Waals surface area contributed by atoms with Crippen molar-refractivity contribution in [3.05, 3.63) is 138 Å². The largest absolute Gasteiger partial charge is 0.476 e. The summed E-state index contributed by atoms with van der Waals surface area (Å²) in [5.74, 6) is -1.38. The van der Waals surface area contributed by atoms with E-state index in [1.165, 1.54) is 99.4 Å². The molecule has 0 amide bonds. The van der Waals surface area contributed by atoms with Gasteiger partial charge in [0.2, 0.25) is 0 Å². The number of nitrogens with zero attached hydrogens (tertiary/aromatic N) is 6. The van der Waals surface area contributed by atoms with Crippen molar-refractivity contribution < 1.29 is 47.2 Å². The number of esters is 1. The smallest absolute Gasteiger partial charge is 0.357 e. The van der Waals surface area contributed by atoms with E-state index in [1.54, 1.807) is 64.2 Å². The number of aromatic nitrogens is 6. The lowest BCUT2D eigenvalue weighted by molar-refractivity contribution is 0.0541. The second kappa shape index (κ2) is 29.7. The van der Waals surface area contributed by atoms with E-state index in [-0.39, 0.29) is 59.2 Å². The van der Waals surface area contributed by atoms with E-state index in [0.29, 0.717) is 40.7 Å². The van der Waals surface area contributed by atoms with Crippen molar-refractivity contribution in [2.24, 2.45) is 23.5 Å². The lowest BCUT2D eigenvalue weighted by atomic mass is 10.0. The molecule has 3 unspecified atom stereocenters. The molecule has 3 N–H and O–H groups in total. The van der Waals surface area contributed by atoms with Crippen molar-refractivity contribution >= 4 is 85.7 Å². The average molecular weight is 1140 g/mol. The summed E-state index contributed by atoms with van der Waals surface area (Å²) in [6.45, 7) is 12.6. The topological polar surface area (TPSA) is 212 Å². The Morgan fingerprint density at radius 3 is 1.24 bits per heavy atom. The summed E-state index contributed by atoms with van der Waals surface area (Å²) in [4.78, 5) is 64.3. The van der Waals surface area contributed by atoms with Crippen LogP contribution in [0.4, 0.5) is 8.78 Å². The standard InChI is InChI=1S/C20H21FN2O2S2.C13H16N2O3S2.C12H14N2O3S2.C7H8FN/c1-12(2)17(25-3)18-16(23-20(27-18)19-22-10-11-26-19)15(24)9-6-13-4-7-14(21)8-5-13;1-7(2)9(17-3)10-8(13(16)18-4)15-12(20-10)11-14-5-6-19-11;1-6(2)8(17-3)9-7(12(15)16)14-11(19-9)10-13-4-5-18-10;8-7-3-1-6(5-9)2-4-7/h4-5,7-8,10-12,17H,6,9H2,1-3H3;5-7,9H,1-4H3;4-6,8H,1-3H3,(H,15,16);1-4H,5,9H2. The number of carbonyl (C=O) groups is 3. The summed E-state index contributed by atoms with van der Waals surface area (Å²) in [6, 6.07) is 12.4. The van der Waals surface area contributed by atoms with Gasteiger partial charge in [-0.1, -0.05) is 65.8 Å². The molecule has 2 aromatic carbocycles. The van der Waals surface area contributed by atoms with Crippen molar-refractivity contribution in [1.82, 2.24) is 29.9 Å². The van der Waals surface area contributed by atoms with E-state index in [9.17, 15) is 28.3 Å². The van der Waals surface area contributed by atoms with Crippen LogP contribution in [0.1, 0.15) is 123 Å². The second-order valence-electron chi connectivity index (χ2n) is 17.1. The van der Waals surface area contributed by atoms with Gasteiger partial charge in [0, 0.05) is 69.0 Å². The summed E-state index contributed by atoms with van der Waals surface area (Å²) in [6.07, 6.45) is 5.34. The second-order valence-corrected chi connectivity index (χ2v) is 22.9. The van der Waals surface area contributed by atoms with Crippen LogP contribution in [0.15, 0.2) is 83.3 Å². The Morgan fingerprint density at radius 2 is 0.907 bits per heavy atom. The van der Waals surface area contributed by atoms with Gasteiger partial charge in [0.1, 0.15) is 17.3 Å². The number of nitrogens with two attached hydrogens (primary N) is 1. The third kappa shape index (κ3) is 16.8. The fraction of sp³-hybridized carbons (Fsp3) is 0.365. The van der Waals surface area contributed by atoms with Crippen molar-refractivity contribution in [3.8, 4) is 30.0 Å². The molecule has 0 saturated heterocycles. The fourth-order valence-corrected chi connectivity index (χ4v) is 13.1. The summed E-state index contributed by atoms with van der Waals surface area (Å²) in [5.41, 5.74) is 8.01. The van der Waals surface area contributed by atoms with Gasteiger partial charge < -0.3 is 29.8 Å². The molecule has 23 heteroatoms. The Morgan fingerprint density at radius 1 is 0.547 bits per heavy atom. The molecular weight excluding hydrogens is 1080 g/mol. The number of carbonyl (C=O) groups excluding carboxylic acids is 2. The zero-order chi connectivity index (χ0) is 54.8. The van der Waals surface area contributed by atoms with Gasteiger partial charge in [0.05, 0.1) is 40.1 Å². The highest BCUT2D eigenvalue weighted by molar-refractivity contribution is 7.22. The number of ketones is 1. The number of thiazole rings is 6. The molecular formula is C52H59F2N7O8S6. The zero-order valence-electron chi connectivity index (χ0n) is 42.9. The lowest BCUT2D eigenvalue weighted by Crippen LogP contribution is -2.13. The van der Waals surface area contributed by atoms with Crippen molar-refractivity contribution in [3.63, 3.8) is 0 Å². The van der Waals surface area contributed by atoms with E-state index in [0.717, 1.165) is 45.9 Å². The molecule has 0 aliphatic carbocycles. The van der Waals surface area contributed by atoms with E-state index in [1.807, 2.05) is 43.8 Å². The van der Waals surface area contributed by atoms with Gasteiger partial charge in [-0.3, -0.25) is 4.79 Å². The van der Waals surface area contributed by atoms with Crippen molar-refractivity contribution in [2.75, 3.05) is 28.4 Å². The summed E-state index contributed by atoms with van der Waals surface area (Å²) >= 11 is 8.67. The third-order valence-corrected chi connectivity index (χ3v) is 16.8. The minimum atomic E-state index is -1.03. The Balaban J connectivity index is 0.000000195. The molecule has 0 spiro atoms. The molecule has 3 atom stereocenters. The maximum Gasteiger partial charge on any atom is 0.357 e. The molecule has 8 aromatic rings. The van der Waals surface area contributed by atoms with Crippen molar-refractivity contribution in [1.29, 1.82) is 0 Å². The number of methoxy groups -OCH3 is 4. The first-order valence-corrected chi connectivity index (χ1v) is 28.4. The number of hydrogen-bond acceptors (Lipinski definition) is 20. The molecule has 0 fully saturated rings. The SMILES string of the molecule is COC(=O)c1nc(-c2nccs2)sc1C(OC)C(C)C.COC(c1sc(-c2nccs2)nc1C(=O)CCc1ccc(F)cc1)C(C)C.COC(c1sc(-c2nccs2)nc1C(=O)O)C(C)C.NCc1ccc(F)cc1. The summed E-state index contributed by atoms with van der Waals surface area (Å²) < 4.78 is 46.6. The number of rotatable bonds is 19. The minimum Gasteiger partial charge on any atom is -0.476 e. The minimum absolute atomic E-state index is 0.0314. The van der Waals surface area contributed by atoms with Gasteiger partial charge in [-0.2, -0.15) is 0 Å². The molecule has 75 heavy (non-hydrogen) atoms. The number of hydrogen-bond donors (Lipinski definition) is 2. The van der Waals surface area contributed by atoms with Gasteiger partial charge in [0.15, 0.2) is 47.2 Å². The van der Waals surface area contributed by atoms with Gasteiger partial charge in [0.25, 0.3) is 0 Å². The molecule has 15 nitrogen and oxygen atoms in total. The van der Waals surface area contributed by atoms with Crippen LogP contribution in [0.5, 0.6) is 0 Å². The first kappa shape index (κ1) is 60.4. The van der Waals surface area contributed by atoms with Crippen LogP contribution in [-0.4, -0.2) is 81.2 Å². The highest BCUT2D eigenvalue weighted by Crippen LogP contribution is 2.40. The van der Waals surface area contributed by atoms with Crippen LogP contribution in [0, 0.1) is 29.4 Å². The van der Waals surface area contributed by atoms with Crippen LogP contribution in [0.25, 0.3) is 30.0 Å². The zero-order valence-corrected chi connectivity index (χ0v) is 47.8. The molecule has 8 rings (SSSR count). The number of halogens is 2. The Hall–Kier alpha value is -5.47. The summed E-state index contributed by atoms with van der Waals surface area (Å²) in [7, 11) is 6.22. The molecule has 0 aliphatic heterocycles. The number of aryl methyl sites for hydroxylation is 1. The predicted octanol–water partition coefficient (Wildman–Crippen LogP) is 13.6. The molecule has 6 aromatic heterocycles. The number of aromatic carboxylic acids is 1. The molecule has 0 radical (unpaired) electrons. The van der Waals surface area contributed by atoms with Gasteiger partial charge >= 0.3 is 11.9 Å². The fourth-order valence-electron chi connectivity index (χ4n) is 7.13.